The molecule has 10 heteroatoms. The van der Waals surface area contributed by atoms with Crippen LogP contribution in [-0.4, -0.2) is 80.0 Å². The summed E-state index contributed by atoms with van der Waals surface area (Å²) >= 11 is 0. The van der Waals surface area contributed by atoms with E-state index in [-0.39, 0.29) is 12.6 Å². The smallest absolute Gasteiger partial charge is 0.410 e. The predicted molar refractivity (Wildman–Crippen MR) is 132 cm³/mol. The Morgan fingerprint density at radius 2 is 1.66 bits per heavy atom. The van der Waals surface area contributed by atoms with Crippen LogP contribution in [0.25, 0.3) is 0 Å². The van der Waals surface area contributed by atoms with Crippen LogP contribution in [0, 0.1) is 5.82 Å². The zero-order valence-electron chi connectivity index (χ0n) is 20.9. The third-order valence-electron chi connectivity index (χ3n) is 5.13. The summed E-state index contributed by atoms with van der Waals surface area (Å²) in [7, 11) is 1.29. The highest BCUT2D eigenvalue weighted by Gasteiger charge is 2.30. The summed E-state index contributed by atoms with van der Waals surface area (Å²) in [6, 6.07) is 5.20. The molecule has 1 aliphatic rings. The number of carbonyl (C=O) groups excluding carboxylic acids is 3. The minimum Gasteiger partial charge on any atom is -0.466 e. The first kappa shape index (κ1) is 27.6. The van der Waals surface area contributed by atoms with E-state index in [1.165, 1.54) is 42.4 Å². The minimum atomic E-state index is -0.607. The van der Waals surface area contributed by atoms with Crippen molar-refractivity contribution < 1.29 is 28.2 Å². The number of carbonyl (C=O) groups is 3. The molecular formula is C25H33FN4O5. The summed E-state index contributed by atoms with van der Waals surface area (Å²) in [4.78, 5) is 46.1. The molecule has 3 amide bonds. The van der Waals surface area contributed by atoms with Crippen molar-refractivity contribution in [2.45, 2.75) is 33.3 Å². The van der Waals surface area contributed by atoms with E-state index in [1.54, 1.807) is 43.6 Å². The number of amides is 3. The molecule has 9 nitrogen and oxygen atoms in total. The largest absolute Gasteiger partial charge is 0.466 e. The van der Waals surface area contributed by atoms with Crippen molar-refractivity contribution >= 4 is 30.5 Å². The fourth-order valence-electron chi connectivity index (χ4n) is 3.24. The lowest BCUT2D eigenvalue weighted by atomic mass is 10.2. The van der Waals surface area contributed by atoms with Gasteiger partial charge in [-0.15, -0.1) is 0 Å². The molecule has 0 radical (unpaired) electrons. The Bertz CT molecular complexity index is 990. The van der Waals surface area contributed by atoms with Crippen LogP contribution in [-0.2, 0) is 14.3 Å². The molecule has 0 atom stereocenters. The van der Waals surface area contributed by atoms with E-state index in [2.05, 4.69) is 16.4 Å². The number of aliphatic imine (C=N–C) groups is 1. The van der Waals surface area contributed by atoms with Crippen LogP contribution >= 0.6 is 0 Å². The normalized spacial score (nSPS) is 14.9. The second kappa shape index (κ2) is 12.1. The van der Waals surface area contributed by atoms with Crippen molar-refractivity contribution in [2.75, 3.05) is 44.7 Å². The Hall–Kier alpha value is -3.69. The molecule has 0 saturated carbocycles. The van der Waals surface area contributed by atoms with Gasteiger partial charge in [0.25, 0.3) is 0 Å². The number of anilines is 1. The number of urea groups is 1. The molecule has 1 fully saturated rings. The fourth-order valence-corrected chi connectivity index (χ4v) is 3.24. The van der Waals surface area contributed by atoms with Gasteiger partial charge in [-0.1, -0.05) is 6.08 Å². The van der Waals surface area contributed by atoms with Gasteiger partial charge in [0, 0.05) is 37.4 Å². The summed E-state index contributed by atoms with van der Waals surface area (Å²) in [5.41, 5.74) is 0.629. The molecule has 1 aliphatic heterocycles. The highest BCUT2D eigenvalue weighted by atomic mass is 19.1. The van der Waals surface area contributed by atoms with E-state index in [4.69, 9.17) is 4.74 Å². The Morgan fingerprint density at radius 1 is 1.09 bits per heavy atom. The molecule has 0 bridgehead atoms. The molecule has 0 spiro atoms. The second-order valence-electron chi connectivity index (χ2n) is 8.96. The van der Waals surface area contributed by atoms with Gasteiger partial charge >= 0.3 is 18.1 Å². The summed E-state index contributed by atoms with van der Waals surface area (Å²) in [5.74, 6) is -0.916. The molecular weight excluding hydrogens is 455 g/mol. The highest BCUT2D eigenvalue weighted by Crippen LogP contribution is 2.20. The van der Waals surface area contributed by atoms with Gasteiger partial charge in [-0.25, -0.2) is 18.8 Å². The molecule has 0 aromatic heterocycles. The average Bonchev–Trinajstić information content (AvgIpc) is 2.83. The zero-order chi connectivity index (χ0) is 26.2. The Balaban J connectivity index is 2.21. The lowest BCUT2D eigenvalue weighted by Gasteiger charge is -2.38. The lowest BCUT2D eigenvalue weighted by molar-refractivity contribution is -0.136. The molecule has 190 valence electrons. The highest BCUT2D eigenvalue weighted by molar-refractivity contribution is 5.93. The van der Waals surface area contributed by atoms with Crippen LogP contribution < -0.4 is 4.90 Å². The molecule has 1 heterocycles. The van der Waals surface area contributed by atoms with E-state index in [9.17, 15) is 18.8 Å². The number of piperazine rings is 1. The van der Waals surface area contributed by atoms with E-state index in [0.717, 1.165) is 0 Å². The maximum Gasteiger partial charge on any atom is 0.410 e. The number of hydrogen-bond donors (Lipinski definition) is 0. The number of nitrogens with zero attached hydrogens (tertiary/aromatic N) is 4. The topological polar surface area (TPSA) is 91.8 Å². The van der Waals surface area contributed by atoms with Crippen molar-refractivity contribution in [2.24, 2.45) is 4.99 Å². The monoisotopic (exact) mass is 488 g/mol. The molecule has 1 saturated heterocycles. The summed E-state index contributed by atoms with van der Waals surface area (Å²) in [6.45, 7) is 11.8. The van der Waals surface area contributed by atoms with Crippen molar-refractivity contribution in [1.82, 2.24) is 9.80 Å². The number of allylic oxidation sites excluding steroid dienone is 2. The van der Waals surface area contributed by atoms with Crippen LogP contribution in [0.1, 0.15) is 27.7 Å². The SMILES string of the molecule is C=N/C(=C\C=C(/C)C(=O)OC)CN(C(=O)N1CCN(C(=O)OC(C)(C)C)CC1)c1ccc(F)cc1. The molecule has 0 unspecified atom stereocenters. The van der Waals surface area contributed by atoms with Crippen LogP contribution in [0.2, 0.25) is 0 Å². The number of esters is 1. The average molecular weight is 489 g/mol. The minimum absolute atomic E-state index is 0.0329. The first-order valence-corrected chi connectivity index (χ1v) is 11.2. The molecule has 1 aromatic carbocycles. The predicted octanol–water partition coefficient (Wildman–Crippen LogP) is 4.01. The third kappa shape index (κ3) is 8.24. The van der Waals surface area contributed by atoms with E-state index in [1.807, 2.05) is 0 Å². The number of halogens is 1. The van der Waals surface area contributed by atoms with Gasteiger partial charge in [-0.05, 0) is 64.8 Å². The quantitative estimate of drug-likeness (QED) is 0.261. The molecule has 0 aliphatic carbocycles. The van der Waals surface area contributed by atoms with E-state index in [0.29, 0.717) is 43.1 Å². The van der Waals surface area contributed by atoms with Crippen LogP contribution in [0.3, 0.4) is 0 Å². The maximum absolute atomic E-state index is 13.5. The number of benzene rings is 1. The summed E-state index contributed by atoms with van der Waals surface area (Å²) in [5, 5.41) is 0. The van der Waals surface area contributed by atoms with Crippen molar-refractivity contribution in [3.8, 4) is 0 Å². The molecule has 35 heavy (non-hydrogen) atoms. The first-order chi connectivity index (χ1) is 16.4. The van der Waals surface area contributed by atoms with Crippen LogP contribution in [0.4, 0.5) is 19.7 Å². The third-order valence-corrected chi connectivity index (χ3v) is 5.13. The zero-order valence-corrected chi connectivity index (χ0v) is 20.9. The Kier molecular flexibility index (Phi) is 9.56. The number of methoxy groups -OCH3 is 1. The van der Waals surface area contributed by atoms with Gasteiger partial charge in [-0.3, -0.25) is 9.89 Å². The van der Waals surface area contributed by atoms with Crippen LogP contribution in [0.15, 0.2) is 52.7 Å². The van der Waals surface area contributed by atoms with Crippen molar-refractivity contribution in [3.63, 3.8) is 0 Å². The fraction of sp³-hybridized carbons (Fsp3) is 0.440. The van der Waals surface area contributed by atoms with Gasteiger partial charge < -0.3 is 19.3 Å². The van der Waals surface area contributed by atoms with Gasteiger partial charge in [-0.2, -0.15) is 0 Å². The Morgan fingerprint density at radius 3 is 2.17 bits per heavy atom. The van der Waals surface area contributed by atoms with Gasteiger partial charge in [0.15, 0.2) is 0 Å². The summed E-state index contributed by atoms with van der Waals surface area (Å²) in [6.07, 6.45) is 2.68. The summed E-state index contributed by atoms with van der Waals surface area (Å²) < 4.78 is 23.6. The van der Waals surface area contributed by atoms with Gasteiger partial charge in [0.2, 0.25) is 0 Å². The number of ether oxygens (including phenoxy) is 2. The molecule has 0 N–H and O–H groups in total. The Labute approximate surface area is 205 Å². The second-order valence-corrected chi connectivity index (χ2v) is 8.96. The number of hydrogen-bond acceptors (Lipinski definition) is 6. The lowest BCUT2D eigenvalue weighted by Crippen LogP contribution is -2.55. The van der Waals surface area contributed by atoms with Crippen molar-refractivity contribution in [1.29, 1.82) is 0 Å². The van der Waals surface area contributed by atoms with Gasteiger partial charge in [0.05, 0.1) is 19.4 Å². The van der Waals surface area contributed by atoms with Crippen LogP contribution in [0.5, 0.6) is 0 Å². The molecule has 2 rings (SSSR count). The van der Waals surface area contributed by atoms with Gasteiger partial charge in [0.1, 0.15) is 11.4 Å². The van der Waals surface area contributed by atoms with E-state index >= 15 is 0 Å². The van der Waals surface area contributed by atoms with E-state index < -0.39 is 23.5 Å². The standard InChI is InChI=1S/C25H33FN4O5/c1-18(22(31)34-6)7-10-20(27-5)17-30(21-11-8-19(26)9-12-21)23(32)28-13-15-29(16-14-28)24(33)35-25(2,3)4/h7-12H,5,13-17H2,1-4,6H3/b18-7+,20-10-. The van der Waals surface area contributed by atoms with Crippen molar-refractivity contribution in [3.05, 3.63) is 53.5 Å². The maximum atomic E-state index is 13.5. The number of rotatable bonds is 6. The molecule has 1 aromatic rings. The first-order valence-electron chi connectivity index (χ1n) is 11.2.